The lowest BCUT2D eigenvalue weighted by Crippen LogP contribution is -2.57. The van der Waals surface area contributed by atoms with Gasteiger partial charge in [-0.25, -0.2) is 5.01 Å². The number of carbonyl (C=O) groups excluding carboxylic acids is 1. The van der Waals surface area contributed by atoms with Crippen LogP contribution in [-0.4, -0.2) is 27.5 Å². The molecule has 134 valence electrons. The average Bonchev–Trinajstić information content (AvgIpc) is 2.59. The first-order chi connectivity index (χ1) is 12.0. The third-order valence-electron chi connectivity index (χ3n) is 4.53. The highest BCUT2D eigenvalue weighted by Gasteiger charge is 2.40. The molecule has 3 rings (SSSR count). The Labute approximate surface area is 160 Å². The predicted molar refractivity (Wildman–Crippen MR) is 106 cm³/mol. The number of amidine groups is 1. The van der Waals surface area contributed by atoms with Crippen LogP contribution in [0.4, 0.5) is 0 Å². The number of amides is 1. The van der Waals surface area contributed by atoms with E-state index in [1.807, 2.05) is 30.1 Å². The largest absolute Gasteiger partial charge is 0.298 e. The van der Waals surface area contributed by atoms with E-state index in [0.717, 1.165) is 33.6 Å². The Morgan fingerprint density at radius 2 is 2.12 bits per heavy atom. The molecule has 2 heterocycles. The van der Waals surface area contributed by atoms with E-state index >= 15 is 0 Å². The van der Waals surface area contributed by atoms with Crippen LogP contribution in [0.1, 0.15) is 46.5 Å². The van der Waals surface area contributed by atoms with Gasteiger partial charge in [-0.15, -0.1) is 5.10 Å². The van der Waals surface area contributed by atoms with Gasteiger partial charge in [-0.05, 0) is 38.0 Å². The second-order valence-electron chi connectivity index (χ2n) is 6.42. The third-order valence-corrected chi connectivity index (χ3v) is 5.97. The van der Waals surface area contributed by atoms with Crippen LogP contribution in [0.5, 0.6) is 0 Å². The molecule has 0 bridgehead atoms. The highest BCUT2D eigenvalue weighted by molar-refractivity contribution is 9.10. The number of rotatable bonds is 5. The lowest BCUT2D eigenvalue weighted by molar-refractivity contribution is -0.116. The molecule has 5 nitrogen and oxygen atoms in total. The van der Waals surface area contributed by atoms with Gasteiger partial charge in [0.1, 0.15) is 5.70 Å². The fourth-order valence-corrected chi connectivity index (χ4v) is 4.13. The Morgan fingerprint density at radius 1 is 1.32 bits per heavy atom. The number of benzene rings is 1. The molecule has 1 amide bonds. The number of halogens is 1. The zero-order valence-electron chi connectivity index (χ0n) is 14.8. The zero-order chi connectivity index (χ0) is 18.0. The molecule has 0 radical (unpaired) electrons. The highest BCUT2D eigenvalue weighted by atomic mass is 79.9. The maximum Gasteiger partial charge on any atom is 0.276 e. The molecule has 1 atom stereocenters. The molecule has 0 saturated heterocycles. The van der Waals surface area contributed by atoms with Crippen LogP contribution in [0.15, 0.2) is 32.8 Å². The van der Waals surface area contributed by atoms with E-state index in [0.29, 0.717) is 10.9 Å². The molecule has 0 fully saturated rings. The summed E-state index contributed by atoms with van der Waals surface area (Å²) < 4.78 is 0.922. The van der Waals surface area contributed by atoms with E-state index in [9.17, 15) is 4.79 Å². The van der Waals surface area contributed by atoms with E-state index in [2.05, 4.69) is 35.1 Å². The van der Waals surface area contributed by atoms with Crippen molar-refractivity contribution in [1.29, 1.82) is 0 Å². The van der Waals surface area contributed by atoms with Gasteiger partial charge in [0, 0.05) is 15.4 Å². The molecule has 1 N–H and O–H groups in total. The second kappa shape index (κ2) is 7.50. The van der Waals surface area contributed by atoms with E-state index in [4.69, 9.17) is 10.1 Å². The molecule has 1 aromatic rings. The maximum absolute atomic E-state index is 12.9. The van der Waals surface area contributed by atoms with Gasteiger partial charge >= 0.3 is 0 Å². The lowest BCUT2D eigenvalue weighted by Gasteiger charge is -2.40. The van der Waals surface area contributed by atoms with Crippen molar-refractivity contribution in [3.05, 3.63) is 33.2 Å². The first kappa shape index (κ1) is 18.5. The molecule has 7 heteroatoms. The molecule has 0 saturated carbocycles. The molecule has 1 aromatic carbocycles. The molecule has 0 aromatic heterocycles. The summed E-state index contributed by atoms with van der Waals surface area (Å²) in [4.78, 5) is 17.8. The Bertz CT molecular complexity index is 838. The van der Waals surface area contributed by atoms with Gasteiger partial charge in [-0.1, -0.05) is 54.4 Å². The van der Waals surface area contributed by atoms with Gasteiger partial charge in [-0.3, -0.25) is 15.1 Å². The van der Waals surface area contributed by atoms with Gasteiger partial charge in [0.15, 0.2) is 10.8 Å². The van der Waals surface area contributed by atoms with Crippen LogP contribution < -0.4 is 15.9 Å². The number of nitrogens with one attached hydrogen (secondary N) is 1. The van der Waals surface area contributed by atoms with Crippen molar-refractivity contribution in [2.75, 3.05) is 5.75 Å². The van der Waals surface area contributed by atoms with Crippen LogP contribution in [0.3, 0.4) is 0 Å². The van der Waals surface area contributed by atoms with E-state index in [1.54, 1.807) is 11.8 Å². The number of carbonyl (C=O) groups is 1. The molecule has 0 unspecified atom stereocenters. The number of unbranched alkanes of at least 4 members (excludes halogenated alkanes) is 2. The highest BCUT2D eigenvalue weighted by Crippen LogP contribution is 2.30. The van der Waals surface area contributed by atoms with E-state index < -0.39 is 5.66 Å². The topological polar surface area (TPSA) is 57.1 Å². The minimum Gasteiger partial charge on any atom is -0.298 e. The van der Waals surface area contributed by atoms with Gasteiger partial charge < -0.3 is 0 Å². The Kier molecular flexibility index (Phi) is 5.53. The summed E-state index contributed by atoms with van der Waals surface area (Å²) in [5, 5.41) is 11.8. The van der Waals surface area contributed by atoms with Crippen molar-refractivity contribution in [1.82, 2.24) is 10.3 Å². The van der Waals surface area contributed by atoms with Crippen LogP contribution in [0, 0.1) is 0 Å². The Balaban J connectivity index is 2.04. The summed E-state index contributed by atoms with van der Waals surface area (Å²) in [6.45, 7) is 6.28. The summed E-state index contributed by atoms with van der Waals surface area (Å²) in [7, 11) is 0. The maximum atomic E-state index is 12.9. The van der Waals surface area contributed by atoms with Crippen LogP contribution >= 0.6 is 27.7 Å². The van der Waals surface area contributed by atoms with Crippen molar-refractivity contribution in [2.45, 2.75) is 52.1 Å². The normalized spacial score (nSPS) is 21.9. The van der Waals surface area contributed by atoms with Crippen LogP contribution in [0.2, 0.25) is 0 Å². The summed E-state index contributed by atoms with van der Waals surface area (Å²) in [5.41, 5.74) is 0.0249. The number of hydrazone groups is 1. The van der Waals surface area contributed by atoms with Gasteiger partial charge in [-0.2, -0.15) is 0 Å². The lowest BCUT2D eigenvalue weighted by atomic mass is 10.0. The molecule has 25 heavy (non-hydrogen) atoms. The summed E-state index contributed by atoms with van der Waals surface area (Å²) in [5.74, 6) is 0.847. The Hall–Kier alpha value is -1.34. The van der Waals surface area contributed by atoms with E-state index in [-0.39, 0.29) is 5.91 Å². The first-order valence-corrected chi connectivity index (χ1v) is 10.5. The number of fused-ring (bicyclic) bond motifs is 2. The van der Waals surface area contributed by atoms with Crippen molar-refractivity contribution in [3.63, 3.8) is 0 Å². The number of thioether (sulfide) groups is 1. The monoisotopic (exact) mass is 422 g/mol. The first-order valence-electron chi connectivity index (χ1n) is 8.71. The smallest absolute Gasteiger partial charge is 0.276 e. The Morgan fingerprint density at radius 3 is 2.84 bits per heavy atom. The summed E-state index contributed by atoms with van der Waals surface area (Å²) in [6.07, 6.45) is 4.26. The minimum absolute atomic E-state index is 0.109. The van der Waals surface area contributed by atoms with Gasteiger partial charge in [0.05, 0.1) is 5.36 Å². The third kappa shape index (κ3) is 3.62. The minimum atomic E-state index is -0.552. The van der Waals surface area contributed by atoms with E-state index in [1.165, 1.54) is 12.8 Å². The second-order valence-corrected chi connectivity index (χ2v) is 8.42. The quantitative estimate of drug-likeness (QED) is 0.741. The number of hydrogen-bond acceptors (Lipinski definition) is 5. The summed E-state index contributed by atoms with van der Waals surface area (Å²) >= 11 is 5.09. The molecule has 2 aliphatic rings. The molecule has 2 aliphatic heterocycles. The summed E-state index contributed by atoms with van der Waals surface area (Å²) in [6, 6.07) is 5.84. The van der Waals surface area contributed by atoms with Crippen LogP contribution in [-0.2, 0) is 4.79 Å². The molecule has 0 aliphatic carbocycles. The number of nitrogens with zero attached hydrogens (tertiary/aromatic N) is 3. The fraction of sp³-hybridized carbons (Fsp3) is 0.500. The van der Waals surface area contributed by atoms with Crippen molar-refractivity contribution in [3.8, 4) is 0 Å². The van der Waals surface area contributed by atoms with Gasteiger partial charge in [0.2, 0.25) is 0 Å². The van der Waals surface area contributed by atoms with Crippen molar-refractivity contribution >= 4 is 44.5 Å². The molecule has 0 spiro atoms. The van der Waals surface area contributed by atoms with Crippen LogP contribution in [0.25, 0.3) is 5.70 Å². The molecular weight excluding hydrogens is 400 g/mol. The fourth-order valence-electron chi connectivity index (χ4n) is 2.92. The zero-order valence-corrected chi connectivity index (χ0v) is 17.2. The standard InChI is InChI=1S/C18H23BrN4OS/c1-4-6-7-10-25-17-20-16(24)15-13-11-12(19)8-9-14(13)21-18(3,5-2)23(15)22-17/h8-9,11H,4-7,10H2,1-3H3,(H,20,22,24)/t18-/m1/s1. The van der Waals surface area contributed by atoms with Crippen molar-refractivity contribution < 1.29 is 4.79 Å². The predicted octanol–water partition coefficient (Wildman–Crippen LogP) is 2.94. The van der Waals surface area contributed by atoms with Crippen molar-refractivity contribution in [2.24, 2.45) is 10.1 Å². The SMILES string of the molecule is CCCCCSC1=NN2C(=c3cc(Br)ccc3=N[C@@]2(C)CC)C(=O)N1. The molecular formula is C18H23BrN4OS. The average molecular weight is 423 g/mol. The number of hydrogen-bond donors (Lipinski definition) is 1. The van der Waals surface area contributed by atoms with Gasteiger partial charge in [0.25, 0.3) is 5.91 Å².